The Kier molecular flexibility index (Phi) is 3.91. The van der Waals surface area contributed by atoms with Crippen LogP contribution in [0.1, 0.15) is 34.0 Å². The maximum absolute atomic E-state index is 12.0. The van der Waals surface area contributed by atoms with E-state index < -0.39 is 5.41 Å². The fourth-order valence-corrected chi connectivity index (χ4v) is 2.55. The van der Waals surface area contributed by atoms with Gasteiger partial charge in [0.15, 0.2) is 0 Å². The minimum Gasteiger partial charge on any atom is -0.321 e. The summed E-state index contributed by atoms with van der Waals surface area (Å²) in [7, 11) is 0. The second-order valence-corrected chi connectivity index (χ2v) is 6.47. The smallest absolute Gasteiger partial charge is 0.265 e. The minimum absolute atomic E-state index is 0.101. The van der Waals surface area contributed by atoms with Gasteiger partial charge in [0.25, 0.3) is 5.91 Å². The van der Waals surface area contributed by atoms with Crippen molar-refractivity contribution >= 4 is 22.9 Å². The van der Waals surface area contributed by atoms with E-state index in [0.717, 1.165) is 16.1 Å². The zero-order valence-electron chi connectivity index (χ0n) is 11.7. The van der Waals surface area contributed by atoms with E-state index in [1.807, 2.05) is 57.2 Å². The number of thiophene rings is 1. The number of amides is 1. The van der Waals surface area contributed by atoms with Crippen LogP contribution in [-0.4, -0.2) is 5.91 Å². The van der Waals surface area contributed by atoms with E-state index >= 15 is 0 Å². The molecule has 0 bridgehead atoms. The third-order valence-electron chi connectivity index (χ3n) is 3.11. The molecule has 0 atom stereocenters. The number of nitrogens with one attached hydrogen (secondary N) is 1. The average molecular weight is 284 g/mol. The Balaban J connectivity index is 2.12. The molecule has 0 radical (unpaired) electrons. The molecule has 20 heavy (non-hydrogen) atoms. The predicted octanol–water partition coefficient (Wildman–Crippen LogP) is 4.11. The molecule has 3 nitrogen and oxygen atoms in total. The number of carbonyl (C=O) groups is 1. The van der Waals surface area contributed by atoms with E-state index in [0.29, 0.717) is 4.88 Å². The van der Waals surface area contributed by atoms with Crippen LogP contribution in [-0.2, 0) is 5.41 Å². The third-order valence-corrected chi connectivity index (χ3v) is 4.11. The largest absolute Gasteiger partial charge is 0.321 e. The molecule has 102 valence electrons. The monoisotopic (exact) mass is 284 g/mol. The second kappa shape index (κ2) is 5.48. The van der Waals surface area contributed by atoms with Crippen molar-refractivity contribution in [1.29, 1.82) is 5.26 Å². The quantitative estimate of drug-likeness (QED) is 0.922. The van der Waals surface area contributed by atoms with Crippen LogP contribution in [0.5, 0.6) is 0 Å². The Morgan fingerprint density at radius 2 is 1.85 bits per heavy atom. The first kappa shape index (κ1) is 14.3. The van der Waals surface area contributed by atoms with Crippen molar-refractivity contribution in [3.63, 3.8) is 0 Å². The fourth-order valence-electron chi connectivity index (χ4n) is 1.78. The maximum atomic E-state index is 12.0. The van der Waals surface area contributed by atoms with Crippen molar-refractivity contribution in [2.75, 3.05) is 5.32 Å². The van der Waals surface area contributed by atoms with Gasteiger partial charge < -0.3 is 5.32 Å². The van der Waals surface area contributed by atoms with Gasteiger partial charge >= 0.3 is 0 Å². The molecule has 0 aliphatic rings. The predicted molar refractivity (Wildman–Crippen MR) is 82.1 cm³/mol. The van der Waals surface area contributed by atoms with Crippen LogP contribution in [0.25, 0.3) is 0 Å². The first-order chi connectivity index (χ1) is 9.42. The van der Waals surface area contributed by atoms with Gasteiger partial charge in [0, 0.05) is 10.6 Å². The normalized spacial score (nSPS) is 10.9. The Morgan fingerprint density at radius 3 is 2.35 bits per heavy atom. The molecule has 4 heteroatoms. The molecular weight excluding hydrogens is 268 g/mol. The summed E-state index contributed by atoms with van der Waals surface area (Å²) >= 11 is 1.47. The van der Waals surface area contributed by atoms with Crippen molar-refractivity contribution in [2.45, 2.75) is 26.2 Å². The summed E-state index contributed by atoms with van der Waals surface area (Å²) in [6.07, 6.45) is 0. The molecule has 1 amide bonds. The summed E-state index contributed by atoms with van der Waals surface area (Å²) < 4.78 is 0. The van der Waals surface area contributed by atoms with Gasteiger partial charge in [0.2, 0.25) is 0 Å². The molecule has 1 aromatic heterocycles. The Morgan fingerprint density at radius 1 is 1.20 bits per heavy atom. The lowest BCUT2D eigenvalue weighted by Gasteiger charge is -2.16. The highest BCUT2D eigenvalue weighted by molar-refractivity contribution is 7.14. The second-order valence-electron chi connectivity index (χ2n) is 5.18. The van der Waals surface area contributed by atoms with Gasteiger partial charge in [-0.3, -0.25) is 4.79 Å². The molecule has 0 spiro atoms. The van der Waals surface area contributed by atoms with Gasteiger partial charge in [0.1, 0.15) is 0 Å². The van der Waals surface area contributed by atoms with E-state index in [-0.39, 0.29) is 5.91 Å². The standard InChI is InChI=1S/C16H16N2OS/c1-11-4-9-14(20-11)15(19)18-13-7-5-12(6-8-13)16(2,3)10-17/h4-9H,1-3H3,(H,18,19). The van der Waals surface area contributed by atoms with Crippen LogP contribution in [0.4, 0.5) is 5.69 Å². The van der Waals surface area contributed by atoms with E-state index in [4.69, 9.17) is 5.26 Å². The van der Waals surface area contributed by atoms with Crippen LogP contribution >= 0.6 is 11.3 Å². The summed E-state index contributed by atoms with van der Waals surface area (Å²) in [5.74, 6) is -0.101. The fraction of sp³-hybridized carbons (Fsp3) is 0.250. The molecule has 1 heterocycles. The van der Waals surface area contributed by atoms with Crippen molar-refractivity contribution in [3.05, 3.63) is 51.7 Å². The first-order valence-electron chi connectivity index (χ1n) is 6.32. The lowest BCUT2D eigenvalue weighted by Crippen LogP contribution is -2.14. The first-order valence-corrected chi connectivity index (χ1v) is 7.13. The lowest BCUT2D eigenvalue weighted by atomic mass is 9.86. The molecule has 0 aliphatic carbocycles. The molecule has 1 aromatic carbocycles. The van der Waals surface area contributed by atoms with Gasteiger partial charge in [-0.05, 0) is 50.6 Å². The highest BCUT2D eigenvalue weighted by Gasteiger charge is 2.19. The number of rotatable bonds is 3. The Labute approximate surface area is 122 Å². The van der Waals surface area contributed by atoms with Crippen LogP contribution < -0.4 is 5.32 Å². The molecule has 1 N–H and O–H groups in total. The van der Waals surface area contributed by atoms with Crippen molar-refractivity contribution < 1.29 is 4.79 Å². The zero-order chi connectivity index (χ0) is 14.8. The molecule has 2 rings (SSSR count). The summed E-state index contributed by atoms with van der Waals surface area (Å²) in [6, 6.07) is 13.4. The van der Waals surface area contributed by atoms with Gasteiger partial charge in [-0.2, -0.15) is 5.26 Å². The van der Waals surface area contributed by atoms with E-state index in [9.17, 15) is 4.79 Å². The molecule has 0 unspecified atom stereocenters. The number of hydrogen-bond acceptors (Lipinski definition) is 3. The highest BCUT2D eigenvalue weighted by atomic mass is 32.1. The Hall–Kier alpha value is -2.12. The number of benzene rings is 1. The Bertz CT molecular complexity index is 663. The third kappa shape index (κ3) is 3.06. The topological polar surface area (TPSA) is 52.9 Å². The number of hydrogen-bond donors (Lipinski definition) is 1. The van der Waals surface area contributed by atoms with E-state index in [1.165, 1.54) is 11.3 Å². The zero-order valence-corrected chi connectivity index (χ0v) is 12.5. The number of aryl methyl sites for hydroxylation is 1. The van der Waals surface area contributed by atoms with Gasteiger partial charge in [-0.25, -0.2) is 0 Å². The maximum Gasteiger partial charge on any atom is 0.265 e. The van der Waals surface area contributed by atoms with Crippen molar-refractivity contribution in [1.82, 2.24) is 0 Å². The number of anilines is 1. The van der Waals surface area contributed by atoms with Crippen LogP contribution in [0, 0.1) is 18.3 Å². The van der Waals surface area contributed by atoms with Gasteiger partial charge in [-0.15, -0.1) is 11.3 Å². The average Bonchev–Trinajstić information content (AvgIpc) is 2.86. The number of carbonyl (C=O) groups excluding carboxylic acids is 1. The van der Waals surface area contributed by atoms with Crippen LogP contribution in [0.2, 0.25) is 0 Å². The number of nitriles is 1. The van der Waals surface area contributed by atoms with Crippen molar-refractivity contribution in [3.8, 4) is 6.07 Å². The summed E-state index contributed by atoms with van der Waals surface area (Å²) in [6.45, 7) is 5.71. The van der Waals surface area contributed by atoms with Gasteiger partial charge in [-0.1, -0.05) is 12.1 Å². The summed E-state index contributed by atoms with van der Waals surface area (Å²) in [4.78, 5) is 13.8. The van der Waals surface area contributed by atoms with Crippen LogP contribution in [0.3, 0.4) is 0 Å². The molecule has 0 aliphatic heterocycles. The van der Waals surface area contributed by atoms with E-state index in [2.05, 4.69) is 11.4 Å². The molecular formula is C16H16N2OS. The highest BCUT2D eigenvalue weighted by Crippen LogP contribution is 2.24. The number of nitrogens with zero attached hydrogens (tertiary/aromatic N) is 1. The summed E-state index contributed by atoms with van der Waals surface area (Å²) in [5.41, 5.74) is 1.15. The molecule has 2 aromatic rings. The minimum atomic E-state index is -0.520. The molecule has 0 saturated carbocycles. The van der Waals surface area contributed by atoms with Crippen molar-refractivity contribution in [2.24, 2.45) is 0 Å². The van der Waals surface area contributed by atoms with Gasteiger partial charge in [0.05, 0.1) is 16.4 Å². The summed E-state index contributed by atoms with van der Waals surface area (Å²) in [5, 5.41) is 12.0. The lowest BCUT2D eigenvalue weighted by molar-refractivity contribution is 0.103. The molecule has 0 saturated heterocycles. The van der Waals surface area contributed by atoms with Crippen LogP contribution in [0.15, 0.2) is 36.4 Å². The SMILES string of the molecule is Cc1ccc(C(=O)Nc2ccc(C(C)(C)C#N)cc2)s1. The van der Waals surface area contributed by atoms with E-state index in [1.54, 1.807) is 0 Å². The molecule has 0 fully saturated rings.